The monoisotopic (exact) mass is 278 g/mol. The highest BCUT2D eigenvalue weighted by atomic mass is 19.1. The van der Waals surface area contributed by atoms with Crippen LogP contribution in [0, 0.1) is 5.95 Å². The standard InChI is InChI=1S/C13H11FN2O4/c14-12-7-11(20-16-12)9-3-1-8(2-4-9)10(15-19)5-6-13(17)18/h1-4,7,19H,5-6H2,(H,17,18). The van der Waals surface area contributed by atoms with Crippen LogP contribution in [0.2, 0.25) is 0 Å². The normalized spacial score (nSPS) is 11.6. The molecule has 0 unspecified atom stereocenters. The maximum atomic E-state index is 12.7. The number of carboxylic acid groups (broad SMARTS) is 1. The van der Waals surface area contributed by atoms with Crippen LogP contribution in [0.25, 0.3) is 11.3 Å². The second kappa shape index (κ2) is 5.96. The zero-order chi connectivity index (χ0) is 14.5. The summed E-state index contributed by atoms with van der Waals surface area (Å²) in [7, 11) is 0. The van der Waals surface area contributed by atoms with Gasteiger partial charge in [-0.25, -0.2) is 0 Å². The largest absolute Gasteiger partial charge is 0.481 e. The molecular formula is C13H11FN2O4. The van der Waals surface area contributed by atoms with Crippen molar-refractivity contribution in [3.8, 4) is 11.3 Å². The number of carbonyl (C=O) groups is 1. The summed E-state index contributed by atoms with van der Waals surface area (Å²) in [5, 5.41) is 23.7. The Morgan fingerprint density at radius 2 is 2.00 bits per heavy atom. The number of aliphatic carboxylic acids is 1. The van der Waals surface area contributed by atoms with Crippen molar-refractivity contribution < 1.29 is 24.0 Å². The summed E-state index contributed by atoms with van der Waals surface area (Å²) in [6, 6.07) is 7.70. The number of hydrogen-bond acceptors (Lipinski definition) is 5. The molecule has 0 spiro atoms. The van der Waals surface area contributed by atoms with Crippen LogP contribution in [0.3, 0.4) is 0 Å². The number of halogens is 1. The highest BCUT2D eigenvalue weighted by molar-refractivity contribution is 6.01. The van der Waals surface area contributed by atoms with Gasteiger partial charge in [0.15, 0.2) is 5.76 Å². The van der Waals surface area contributed by atoms with Gasteiger partial charge in [-0.15, -0.1) is 0 Å². The minimum atomic E-state index is -0.972. The number of hydrogen-bond donors (Lipinski definition) is 2. The molecule has 7 heteroatoms. The van der Waals surface area contributed by atoms with Gasteiger partial charge in [-0.1, -0.05) is 29.4 Å². The van der Waals surface area contributed by atoms with E-state index < -0.39 is 11.9 Å². The van der Waals surface area contributed by atoms with Gasteiger partial charge in [0.2, 0.25) is 0 Å². The molecule has 0 bridgehead atoms. The predicted molar refractivity (Wildman–Crippen MR) is 67.1 cm³/mol. The Hall–Kier alpha value is -2.70. The smallest absolute Gasteiger partial charge is 0.303 e. The maximum Gasteiger partial charge on any atom is 0.303 e. The topological polar surface area (TPSA) is 95.9 Å². The van der Waals surface area contributed by atoms with E-state index in [-0.39, 0.29) is 24.3 Å². The van der Waals surface area contributed by atoms with Crippen molar-refractivity contribution in [2.45, 2.75) is 12.8 Å². The van der Waals surface area contributed by atoms with E-state index >= 15 is 0 Å². The molecule has 0 saturated heterocycles. The average molecular weight is 278 g/mol. The van der Waals surface area contributed by atoms with Crippen molar-refractivity contribution in [1.29, 1.82) is 0 Å². The molecule has 1 heterocycles. The first-order chi connectivity index (χ1) is 9.60. The summed E-state index contributed by atoms with van der Waals surface area (Å²) in [5.74, 6) is -1.40. The van der Waals surface area contributed by atoms with Crippen LogP contribution in [0.15, 0.2) is 40.0 Å². The highest BCUT2D eigenvalue weighted by Gasteiger charge is 2.10. The van der Waals surface area contributed by atoms with Crippen molar-refractivity contribution in [3.05, 3.63) is 41.8 Å². The molecule has 20 heavy (non-hydrogen) atoms. The van der Waals surface area contributed by atoms with Gasteiger partial charge in [0.05, 0.1) is 12.1 Å². The van der Waals surface area contributed by atoms with Crippen molar-refractivity contribution >= 4 is 11.7 Å². The molecule has 2 rings (SSSR count). The van der Waals surface area contributed by atoms with Gasteiger partial charge in [-0.05, 0) is 10.7 Å². The van der Waals surface area contributed by atoms with E-state index in [1.54, 1.807) is 24.3 Å². The fraction of sp³-hybridized carbons (Fsp3) is 0.154. The molecule has 0 saturated carbocycles. The molecule has 1 aromatic heterocycles. The van der Waals surface area contributed by atoms with E-state index in [1.807, 2.05) is 0 Å². The van der Waals surface area contributed by atoms with E-state index in [4.69, 9.17) is 14.8 Å². The van der Waals surface area contributed by atoms with Crippen LogP contribution >= 0.6 is 0 Å². The lowest BCUT2D eigenvalue weighted by Gasteiger charge is -2.03. The average Bonchev–Trinajstić information content (AvgIpc) is 2.86. The molecule has 6 nitrogen and oxygen atoms in total. The Morgan fingerprint density at radius 3 is 2.50 bits per heavy atom. The summed E-state index contributed by atoms with van der Waals surface area (Å²) in [4.78, 5) is 10.5. The number of nitrogens with zero attached hydrogens (tertiary/aromatic N) is 2. The van der Waals surface area contributed by atoms with Gasteiger partial charge in [0.25, 0.3) is 5.95 Å². The molecule has 2 N–H and O–H groups in total. The SMILES string of the molecule is O=C(O)CCC(=NO)c1ccc(-c2cc(F)no2)cc1. The first kappa shape index (κ1) is 13.7. The number of oxime groups is 1. The van der Waals surface area contributed by atoms with Gasteiger partial charge in [-0.2, -0.15) is 4.39 Å². The highest BCUT2D eigenvalue weighted by Crippen LogP contribution is 2.21. The van der Waals surface area contributed by atoms with E-state index in [2.05, 4.69) is 10.3 Å². The lowest BCUT2D eigenvalue weighted by atomic mass is 10.0. The fourth-order valence-electron chi connectivity index (χ4n) is 1.69. The van der Waals surface area contributed by atoms with E-state index in [0.29, 0.717) is 11.1 Å². The van der Waals surface area contributed by atoms with E-state index in [1.165, 1.54) is 0 Å². The third kappa shape index (κ3) is 3.19. The van der Waals surface area contributed by atoms with E-state index in [9.17, 15) is 9.18 Å². The van der Waals surface area contributed by atoms with Crippen LogP contribution in [0.4, 0.5) is 4.39 Å². The molecule has 1 aromatic carbocycles. The molecule has 0 amide bonds. The second-order valence-corrected chi connectivity index (χ2v) is 4.03. The summed E-state index contributed by atoms with van der Waals surface area (Å²) < 4.78 is 17.5. The predicted octanol–water partition coefficient (Wildman–Crippen LogP) is 2.52. The molecule has 0 fully saturated rings. The molecule has 0 aliphatic heterocycles. The number of carboxylic acids is 1. The second-order valence-electron chi connectivity index (χ2n) is 4.03. The van der Waals surface area contributed by atoms with Gasteiger partial charge < -0.3 is 14.8 Å². The van der Waals surface area contributed by atoms with Crippen LogP contribution in [-0.4, -0.2) is 27.2 Å². The van der Waals surface area contributed by atoms with Crippen molar-refractivity contribution in [3.63, 3.8) is 0 Å². The van der Waals surface area contributed by atoms with Crippen molar-refractivity contribution in [2.75, 3.05) is 0 Å². The quantitative estimate of drug-likeness (QED) is 0.497. The van der Waals surface area contributed by atoms with Crippen LogP contribution < -0.4 is 0 Å². The van der Waals surface area contributed by atoms with Gasteiger partial charge in [-0.3, -0.25) is 4.79 Å². The summed E-state index contributed by atoms with van der Waals surface area (Å²) in [5.41, 5.74) is 1.46. The van der Waals surface area contributed by atoms with Crippen molar-refractivity contribution in [2.24, 2.45) is 5.16 Å². The van der Waals surface area contributed by atoms with Gasteiger partial charge in [0, 0.05) is 18.1 Å². The molecule has 0 radical (unpaired) electrons. The van der Waals surface area contributed by atoms with Gasteiger partial charge >= 0.3 is 5.97 Å². The van der Waals surface area contributed by atoms with E-state index in [0.717, 1.165) is 6.07 Å². The Labute approximate surface area is 113 Å². The molecule has 0 aliphatic carbocycles. The minimum Gasteiger partial charge on any atom is -0.481 e. The first-order valence-electron chi connectivity index (χ1n) is 5.76. The third-order valence-electron chi connectivity index (χ3n) is 2.68. The Morgan fingerprint density at radius 1 is 1.30 bits per heavy atom. The lowest BCUT2D eigenvalue weighted by Crippen LogP contribution is -2.05. The third-order valence-corrected chi connectivity index (χ3v) is 2.68. The number of benzene rings is 1. The number of aromatic nitrogens is 1. The number of rotatable bonds is 5. The molecular weight excluding hydrogens is 267 g/mol. The Balaban J connectivity index is 2.16. The first-order valence-corrected chi connectivity index (χ1v) is 5.76. The minimum absolute atomic E-state index is 0.113. The van der Waals surface area contributed by atoms with Crippen LogP contribution in [0.1, 0.15) is 18.4 Å². The zero-order valence-corrected chi connectivity index (χ0v) is 10.3. The van der Waals surface area contributed by atoms with Crippen LogP contribution in [-0.2, 0) is 4.79 Å². The molecule has 0 atom stereocenters. The molecule has 0 aliphatic rings. The van der Waals surface area contributed by atoms with Crippen LogP contribution in [0.5, 0.6) is 0 Å². The van der Waals surface area contributed by atoms with Crippen molar-refractivity contribution in [1.82, 2.24) is 5.16 Å². The Kier molecular flexibility index (Phi) is 4.09. The summed E-state index contributed by atoms with van der Waals surface area (Å²) in [6.45, 7) is 0. The Bertz CT molecular complexity index is 634. The summed E-state index contributed by atoms with van der Waals surface area (Å²) >= 11 is 0. The zero-order valence-electron chi connectivity index (χ0n) is 10.3. The molecule has 2 aromatic rings. The maximum absolute atomic E-state index is 12.7. The summed E-state index contributed by atoms with van der Waals surface area (Å²) in [6.07, 6.45) is -0.0173. The lowest BCUT2D eigenvalue weighted by molar-refractivity contribution is -0.136. The van der Waals surface area contributed by atoms with Gasteiger partial charge in [0.1, 0.15) is 0 Å². The molecule has 104 valence electrons. The fourth-order valence-corrected chi connectivity index (χ4v) is 1.69.